The van der Waals surface area contributed by atoms with Crippen molar-refractivity contribution in [2.45, 2.75) is 182 Å². The summed E-state index contributed by atoms with van der Waals surface area (Å²) < 4.78 is 8.78. The molecule has 0 radical (unpaired) electrons. The minimum atomic E-state index is -1.03. The Kier molecular flexibility index (Phi) is 57.9. The summed E-state index contributed by atoms with van der Waals surface area (Å²) in [5, 5.41) is 16.0. The Morgan fingerprint density at radius 1 is 0.574 bits per heavy atom. The van der Waals surface area contributed by atoms with Crippen molar-refractivity contribution in [2.24, 2.45) is 25.6 Å². The number of aromatic nitrogens is 4. The smallest absolute Gasteiger partial charge is 1.00 e. The molecule has 2 heterocycles. The van der Waals surface area contributed by atoms with Gasteiger partial charge < -0.3 is 59.3 Å². The Hall–Kier alpha value is -0.990. The molecule has 0 aliphatic heterocycles. The van der Waals surface area contributed by atoms with Crippen molar-refractivity contribution in [3.05, 3.63) is 37.4 Å². The number of carbonyl (C=O) groups is 2. The van der Waals surface area contributed by atoms with Crippen molar-refractivity contribution >= 4 is 37.2 Å². The molecule has 0 aromatic carbocycles. The van der Waals surface area contributed by atoms with Gasteiger partial charge in [0, 0.05) is 0 Å². The van der Waals surface area contributed by atoms with E-state index in [-0.39, 0.29) is 61.1 Å². The van der Waals surface area contributed by atoms with Gasteiger partial charge in [-0.15, -0.1) is 0 Å². The van der Waals surface area contributed by atoms with Gasteiger partial charge in [-0.3, -0.25) is 9.59 Å². The number of rotatable bonds is 26. The summed E-state index contributed by atoms with van der Waals surface area (Å²) in [6.45, 7) is 6.92. The number of nitrogens with two attached hydrogens (primary N) is 2. The third-order valence-corrected chi connectivity index (χ3v) is 8.90. The standard InChI is InChI=1S/2C16H31N2.2C3H7NO2S.2CH4.Ag.ClH/c2*1-3-4-5-6-7-8-9-10-11-12-13-18-15-14-17(2)16-18;2*4-2(1-7)3(5)6;;;;/h2*14-16H,3-13H2,1-2H3;2*2,7H,1,4H2,(H,5,6);2*1H4;;1H/q2*+1;;;;;+1;/p-3. The average Bonchev–Trinajstić information content (AvgIpc) is 3.73. The van der Waals surface area contributed by atoms with E-state index in [2.05, 4.69) is 109 Å². The third kappa shape index (κ3) is 45.4. The first-order chi connectivity index (χ1) is 24.0. The number of carboxylic acid groups (broad SMARTS) is 2. The normalized spacial score (nSPS) is 10.8. The maximum Gasteiger partial charge on any atom is 1.00 e. The third-order valence-electron chi connectivity index (χ3n) is 8.18. The number of imidazole rings is 2. The summed E-state index contributed by atoms with van der Waals surface area (Å²) in [5.41, 5.74) is 9.82. The second kappa shape index (κ2) is 48.2. The Morgan fingerprint density at radius 2 is 0.815 bits per heavy atom. The quantitative estimate of drug-likeness (QED) is 0.0464. The number of unbranched alkanes of at least 4 members (excludes halogenated alkanes) is 18. The van der Waals surface area contributed by atoms with Gasteiger partial charge in [0.1, 0.15) is 24.8 Å². The molecule has 0 amide bonds. The van der Waals surface area contributed by atoms with Crippen LogP contribution in [0, 0.1) is 0 Å². The summed E-state index contributed by atoms with van der Waals surface area (Å²) in [7, 11) is 4.16. The Balaban J connectivity index is -0.000000151. The molecule has 0 aliphatic carbocycles. The zero-order valence-corrected chi connectivity index (χ0v) is 36.6. The van der Waals surface area contributed by atoms with Gasteiger partial charge in [-0.05, 0) is 25.7 Å². The van der Waals surface area contributed by atoms with Crippen molar-refractivity contribution in [1.82, 2.24) is 9.13 Å². The van der Waals surface area contributed by atoms with Crippen LogP contribution in [0.1, 0.15) is 157 Å². The number of carboxylic acids is 2. The predicted molar refractivity (Wildman–Crippen MR) is 224 cm³/mol. The van der Waals surface area contributed by atoms with Crippen molar-refractivity contribution in [3.8, 4) is 0 Å². The number of halogens is 1. The van der Waals surface area contributed by atoms with E-state index in [9.17, 15) is 9.59 Å². The van der Waals surface area contributed by atoms with E-state index in [1.165, 1.54) is 142 Å². The molecule has 2 aromatic heterocycles. The van der Waals surface area contributed by atoms with Gasteiger partial charge in [0.25, 0.3) is 0 Å². The Morgan fingerprint density at radius 3 is 0.981 bits per heavy atom. The van der Waals surface area contributed by atoms with Crippen molar-refractivity contribution in [2.75, 3.05) is 11.5 Å². The first-order valence-corrected chi connectivity index (χ1v) is 20.3. The van der Waals surface area contributed by atoms with Gasteiger partial charge in [0.2, 0.25) is 12.7 Å². The van der Waals surface area contributed by atoms with Crippen LogP contribution in [0.5, 0.6) is 0 Å². The van der Waals surface area contributed by atoms with Crippen LogP contribution in [0.15, 0.2) is 37.4 Å². The van der Waals surface area contributed by atoms with Crippen LogP contribution in [0.4, 0.5) is 0 Å². The fraction of sp³-hybridized carbons (Fsp3) is 0.800. The van der Waals surface area contributed by atoms with Crippen LogP contribution in [0.3, 0.4) is 0 Å². The molecular formula is C40H82AgClN6O4S2. The van der Waals surface area contributed by atoms with Crippen LogP contribution in [0.25, 0.3) is 0 Å². The van der Waals surface area contributed by atoms with Gasteiger partial charge >= 0.3 is 34.3 Å². The van der Waals surface area contributed by atoms with Crippen LogP contribution < -0.4 is 33.0 Å². The summed E-state index contributed by atoms with van der Waals surface area (Å²) in [5.74, 6) is -1.91. The predicted octanol–water partition coefficient (Wildman–Crippen LogP) is 4.63. The Labute approximate surface area is 364 Å². The molecule has 0 saturated heterocycles. The Bertz CT molecular complexity index is 971. The van der Waals surface area contributed by atoms with Gasteiger partial charge in [-0.2, -0.15) is 11.5 Å². The van der Waals surface area contributed by atoms with Crippen molar-refractivity contribution in [3.63, 3.8) is 0 Å². The second-order valence-corrected chi connectivity index (χ2v) is 13.9. The minimum absolute atomic E-state index is 0. The molecule has 0 fully saturated rings. The molecule has 2 unspecified atom stereocenters. The van der Waals surface area contributed by atoms with E-state index in [1.54, 1.807) is 0 Å². The van der Waals surface area contributed by atoms with Gasteiger partial charge in [0.15, 0.2) is 0 Å². The SMILES string of the molecule is C.C.CCCCCCCCCCCCn1cc[n+](C)c1.CCCCCCCCCCCCn1cc[n+](C)c1.NC(C[S-])C(=O)O.NC(C[S-])C(=O)O.[Ag+].[Cl-]. The van der Waals surface area contributed by atoms with Crippen LogP contribution in [-0.2, 0) is 84.4 Å². The summed E-state index contributed by atoms with van der Waals surface area (Å²) in [6.07, 6.45) is 41.1. The molecule has 0 saturated carbocycles. The molecule has 6 N–H and O–H groups in total. The van der Waals surface area contributed by atoms with Crippen molar-refractivity contribution in [1.29, 1.82) is 0 Å². The number of aliphatic carboxylic acids is 2. The van der Waals surface area contributed by atoms with Crippen LogP contribution >= 0.6 is 0 Å². The molecule has 54 heavy (non-hydrogen) atoms. The van der Waals surface area contributed by atoms with E-state index in [0.29, 0.717) is 0 Å². The van der Waals surface area contributed by atoms with Gasteiger partial charge in [0.05, 0.1) is 39.3 Å². The molecular weight excluding hydrogens is 836 g/mol. The maximum absolute atomic E-state index is 9.74. The van der Waals surface area contributed by atoms with E-state index in [1.807, 2.05) is 0 Å². The topological polar surface area (TPSA) is 144 Å². The fourth-order valence-electron chi connectivity index (χ4n) is 4.97. The number of nitrogens with zero attached hydrogens (tertiary/aromatic N) is 4. The number of hydrogen-bond acceptors (Lipinski definition) is 6. The molecule has 0 spiro atoms. The summed E-state index contributed by atoms with van der Waals surface area (Å²) in [6, 6.07) is -1.73. The monoisotopic (exact) mass is 916 g/mol. The van der Waals surface area contributed by atoms with Crippen LogP contribution in [0.2, 0.25) is 0 Å². The zero-order chi connectivity index (χ0) is 37.8. The second-order valence-electron chi connectivity index (χ2n) is 13.2. The molecule has 326 valence electrons. The molecule has 2 rings (SSSR count). The van der Waals surface area contributed by atoms with Gasteiger partial charge in [-0.1, -0.05) is 131 Å². The summed E-state index contributed by atoms with van der Waals surface area (Å²) in [4.78, 5) is 19.5. The summed E-state index contributed by atoms with van der Waals surface area (Å²) >= 11 is 8.69. The maximum atomic E-state index is 9.74. The average molecular weight is 919 g/mol. The molecule has 10 nitrogen and oxygen atoms in total. The molecule has 0 aliphatic rings. The molecule has 2 atom stereocenters. The molecule has 0 bridgehead atoms. The largest absolute Gasteiger partial charge is 1.00 e. The van der Waals surface area contributed by atoms with E-state index in [0.717, 1.165) is 0 Å². The number of aryl methyl sites for hydroxylation is 4. The first kappa shape index (κ1) is 64.9. The van der Waals surface area contributed by atoms with E-state index >= 15 is 0 Å². The van der Waals surface area contributed by atoms with E-state index < -0.39 is 24.0 Å². The first-order valence-electron chi connectivity index (χ1n) is 19.2. The minimum Gasteiger partial charge on any atom is -1.00 e. The molecule has 14 heteroatoms. The van der Waals surface area contributed by atoms with Crippen molar-refractivity contribution < 1.29 is 63.7 Å². The molecule has 2 aromatic rings. The van der Waals surface area contributed by atoms with Gasteiger partial charge in [-0.25, -0.2) is 18.3 Å². The van der Waals surface area contributed by atoms with Crippen LogP contribution in [-0.4, -0.2) is 54.9 Å². The zero-order valence-electron chi connectivity index (χ0n) is 32.7. The fourth-order valence-corrected chi connectivity index (χ4v) is 5.26. The number of hydrogen-bond donors (Lipinski definition) is 4. The van der Waals surface area contributed by atoms with E-state index in [4.69, 9.17) is 21.7 Å².